The molecule has 0 aliphatic carbocycles. The molecule has 3 heteroatoms. The van der Waals surface area contributed by atoms with Gasteiger partial charge in [-0.2, -0.15) is 0 Å². The van der Waals surface area contributed by atoms with E-state index in [1.807, 2.05) is 13.0 Å². The highest BCUT2D eigenvalue weighted by atomic mass is 16.4. The number of carboxylic acids is 1. The fourth-order valence-corrected chi connectivity index (χ4v) is 1.03. The Balaban J connectivity index is 2.53. The van der Waals surface area contributed by atoms with Gasteiger partial charge in [0.2, 0.25) is 0 Å². The molecule has 1 rings (SSSR count). The van der Waals surface area contributed by atoms with Crippen molar-refractivity contribution in [3.05, 3.63) is 11.6 Å². The summed E-state index contributed by atoms with van der Waals surface area (Å²) in [7, 11) is 0. The average Bonchev–Trinajstić information content (AvgIpc) is 1.88. The third-order valence-electron chi connectivity index (χ3n) is 1.64. The summed E-state index contributed by atoms with van der Waals surface area (Å²) < 4.78 is 0. The molecule has 0 aromatic heterocycles. The average molecular weight is 141 g/mol. The minimum Gasteiger partial charge on any atom is -0.480 e. The largest absolute Gasteiger partial charge is 0.480 e. The number of hydrogen-bond acceptors (Lipinski definition) is 2. The maximum atomic E-state index is 10.4. The van der Waals surface area contributed by atoms with Crippen LogP contribution in [0.1, 0.15) is 13.3 Å². The number of carboxylic acid groups (broad SMARTS) is 1. The summed E-state index contributed by atoms with van der Waals surface area (Å²) in [5.41, 5.74) is 1.16. The molecule has 1 aliphatic heterocycles. The van der Waals surface area contributed by atoms with E-state index in [4.69, 9.17) is 5.11 Å². The van der Waals surface area contributed by atoms with E-state index in [2.05, 4.69) is 5.32 Å². The lowest BCUT2D eigenvalue weighted by molar-refractivity contribution is -0.139. The summed E-state index contributed by atoms with van der Waals surface area (Å²) in [6, 6.07) is -0.370. The third kappa shape index (κ3) is 1.57. The Bertz CT molecular complexity index is 174. The van der Waals surface area contributed by atoms with E-state index in [0.29, 0.717) is 13.0 Å². The Hall–Kier alpha value is -0.830. The van der Waals surface area contributed by atoms with Crippen molar-refractivity contribution >= 4 is 5.97 Å². The first-order valence-corrected chi connectivity index (χ1v) is 3.32. The maximum absolute atomic E-state index is 10.4. The van der Waals surface area contributed by atoms with Crippen molar-refractivity contribution in [2.24, 2.45) is 0 Å². The molecule has 0 amide bonds. The first-order valence-electron chi connectivity index (χ1n) is 3.32. The van der Waals surface area contributed by atoms with Crippen LogP contribution in [0, 0.1) is 0 Å². The van der Waals surface area contributed by atoms with Gasteiger partial charge in [-0.3, -0.25) is 4.79 Å². The number of aliphatic carboxylic acids is 1. The fourth-order valence-electron chi connectivity index (χ4n) is 1.03. The van der Waals surface area contributed by atoms with Crippen molar-refractivity contribution in [1.82, 2.24) is 5.32 Å². The fraction of sp³-hybridized carbons (Fsp3) is 0.571. The third-order valence-corrected chi connectivity index (χ3v) is 1.64. The van der Waals surface area contributed by atoms with Gasteiger partial charge in [-0.25, -0.2) is 0 Å². The van der Waals surface area contributed by atoms with Crippen LogP contribution in [0.25, 0.3) is 0 Å². The Morgan fingerprint density at radius 3 is 3.00 bits per heavy atom. The quantitative estimate of drug-likeness (QED) is 0.519. The van der Waals surface area contributed by atoms with Gasteiger partial charge in [-0.1, -0.05) is 11.6 Å². The van der Waals surface area contributed by atoms with Gasteiger partial charge in [-0.05, 0) is 13.3 Å². The Kier molecular flexibility index (Phi) is 2.06. The lowest BCUT2D eigenvalue weighted by Crippen LogP contribution is -2.39. The van der Waals surface area contributed by atoms with Crippen LogP contribution in [-0.2, 0) is 4.79 Å². The SMILES string of the molecule is CC1=CCN[C@@H](C(=O)O)C1. The van der Waals surface area contributed by atoms with Crippen molar-refractivity contribution in [3.8, 4) is 0 Å². The Labute approximate surface area is 59.7 Å². The van der Waals surface area contributed by atoms with E-state index in [-0.39, 0.29) is 6.04 Å². The summed E-state index contributed by atoms with van der Waals surface area (Å²) >= 11 is 0. The molecule has 1 atom stereocenters. The van der Waals surface area contributed by atoms with Crippen LogP contribution in [0.4, 0.5) is 0 Å². The highest BCUT2D eigenvalue weighted by Crippen LogP contribution is 2.08. The summed E-state index contributed by atoms with van der Waals surface area (Å²) in [6.07, 6.45) is 2.65. The van der Waals surface area contributed by atoms with Crippen molar-refractivity contribution in [2.45, 2.75) is 19.4 Å². The summed E-state index contributed by atoms with van der Waals surface area (Å²) in [5, 5.41) is 11.4. The predicted octanol–water partition coefficient (Wildman–Crippen LogP) is 0.379. The maximum Gasteiger partial charge on any atom is 0.321 e. The predicted molar refractivity (Wildman–Crippen MR) is 37.8 cm³/mol. The van der Waals surface area contributed by atoms with Crippen LogP contribution in [0.3, 0.4) is 0 Å². The van der Waals surface area contributed by atoms with Crippen LogP contribution >= 0.6 is 0 Å². The highest BCUT2D eigenvalue weighted by molar-refractivity contribution is 5.74. The van der Waals surface area contributed by atoms with Crippen molar-refractivity contribution in [3.63, 3.8) is 0 Å². The number of carbonyl (C=O) groups is 1. The second kappa shape index (κ2) is 2.84. The summed E-state index contributed by atoms with van der Waals surface area (Å²) in [6.45, 7) is 2.64. The molecule has 10 heavy (non-hydrogen) atoms. The smallest absolute Gasteiger partial charge is 0.321 e. The Morgan fingerprint density at radius 1 is 1.90 bits per heavy atom. The second-order valence-electron chi connectivity index (χ2n) is 2.55. The molecule has 0 saturated carbocycles. The van der Waals surface area contributed by atoms with E-state index < -0.39 is 5.97 Å². The van der Waals surface area contributed by atoms with E-state index in [1.165, 1.54) is 0 Å². The zero-order chi connectivity index (χ0) is 7.56. The van der Waals surface area contributed by atoms with E-state index in [9.17, 15) is 4.79 Å². The molecule has 0 bridgehead atoms. The zero-order valence-corrected chi connectivity index (χ0v) is 5.92. The molecule has 0 saturated heterocycles. The van der Waals surface area contributed by atoms with Crippen molar-refractivity contribution in [1.29, 1.82) is 0 Å². The van der Waals surface area contributed by atoms with Gasteiger partial charge in [0, 0.05) is 6.54 Å². The first-order chi connectivity index (χ1) is 4.70. The highest BCUT2D eigenvalue weighted by Gasteiger charge is 2.18. The van der Waals surface area contributed by atoms with E-state index >= 15 is 0 Å². The van der Waals surface area contributed by atoms with Crippen LogP contribution in [0.2, 0.25) is 0 Å². The van der Waals surface area contributed by atoms with Gasteiger partial charge in [-0.15, -0.1) is 0 Å². The Morgan fingerprint density at radius 2 is 2.60 bits per heavy atom. The molecule has 0 spiro atoms. The lowest BCUT2D eigenvalue weighted by Gasteiger charge is -2.18. The summed E-state index contributed by atoms with van der Waals surface area (Å²) in [4.78, 5) is 10.4. The molecule has 0 aromatic rings. The molecule has 0 unspecified atom stereocenters. The van der Waals surface area contributed by atoms with Crippen LogP contribution < -0.4 is 5.32 Å². The normalized spacial score (nSPS) is 25.7. The van der Waals surface area contributed by atoms with Gasteiger partial charge < -0.3 is 10.4 Å². The zero-order valence-electron chi connectivity index (χ0n) is 5.92. The standard InChI is InChI=1S/C7H11NO2/c1-5-2-3-8-6(4-5)7(9)10/h2,6,8H,3-4H2,1H3,(H,9,10)/t6-/m1/s1. The van der Waals surface area contributed by atoms with Crippen LogP contribution in [0.15, 0.2) is 11.6 Å². The van der Waals surface area contributed by atoms with Crippen molar-refractivity contribution < 1.29 is 9.90 Å². The van der Waals surface area contributed by atoms with Gasteiger partial charge in [0.15, 0.2) is 0 Å². The molecular weight excluding hydrogens is 130 g/mol. The molecular formula is C7H11NO2. The lowest BCUT2D eigenvalue weighted by atomic mass is 10.0. The van der Waals surface area contributed by atoms with E-state index in [0.717, 1.165) is 5.57 Å². The molecule has 0 radical (unpaired) electrons. The van der Waals surface area contributed by atoms with Gasteiger partial charge >= 0.3 is 5.97 Å². The molecule has 0 fully saturated rings. The van der Waals surface area contributed by atoms with Crippen LogP contribution in [0.5, 0.6) is 0 Å². The second-order valence-corrected chi connectivity index (χ2v) is 2.55. The molecule has 3 nitrogen and oxygen atoms in total. The van der Waals surface area contributed by atoms with Gasteiger partial charge in [0.1, 0.15) is 6.04 Å². The number of nitrogens with one attached hydrogen (secondary N) is 1. The topological polar surface area (TPSA) is 49.3 Å². The minimum absolute atomic E-state index is 0.370. The minimum atomic E-state index is -0.757. The number of hydrogen-bond donors (Lipinski definition) is 2. The van der Waals surface area contributed by atoms with Gasteiger partial charge in [0.25, 0.3) is 0 Å². The van der Waals surface area contributed by atoms with Crippen LogP contribution in [-0.4, -0.2) is 23.7 Å². The molecule has 1 aliphatic rings. The van der Waals surface area contributed by atoms with Gasteiger partial charge in [0.05, 0.1) is 0 Å². The molecule has 2 N–H and O–H groups in total. The molecule has 0 aromatic carbocycles. The van der Waals surface area contributed by atoms with Crippen molar-refractivity contribution in [2.75, 3.05) is 6.54 Å². The molecule has 1 heterocycles. The van der Waals surface area contributed by atoms with E-state index in [1.54, 1.807) is 0 Å². The number of rotatable bonds is 1. The monoisotopic (exact) mass is 141 g/mol. The molecule has 56 valence electrons. The first kappa shape index (κ1) is 7.28. The summed E-state index contributed by atoms with van der Waals surface area (Å²) in [5.74, 6) is -0.757.